The minimum atomic E-state index is -4.09. The Labute approximate surface area is 204 Å². The summed E-state index contributed by atoms with van der Waals surface area (Å²) in [7, 11) is -4.09. The van der Waals surface area contributed by atoms with E-state index in [1.807, 2.05) is 0 Å². The molecule has 1 aliphatic heterocycles. The van der Waals surface area contributed by atoms with E-state index in [1.54, 1.807) is 71.6 Å². The van der Waals surface area contributed by atoms with E-state index >= 15 is 0 Å². The summed E-state index contributed by atoms with van der Waals surface area (Å²) in [5, 5.41) is 2.92. The van der Waals surface area contributed by atoms with Gasteiger partial charge in [0.15, 0.2) is 0 Å². The number of halogens is 1. The number of hydrogen-bond donors (Lipinski definition) is 1. The molecule has 1 heterocycles. The van der Waals surface area contributed by atoms with Crippen LogP contribution in [0.4, 0.5) is 11.4 Å². The number of benzene rings is 3. The first-order chi connectivity index (χ1) is 16.4. The van der Waals surface area contributed by atoms with E-state index in [9.17, 15) is 18.0 Å². The van der Waals surface area contributed by atoms with Gasteiger partial charge in [-0.3, -0.25) is 13.9 Å². The molecule has 176 valence electrons. The molecule has 0 aromatic heterocycles. The number of sulfonamides is 1. The van der Waals surface area contributed by atoms with Crippen molar-refractivity contribution in [1.82, 2.24) is 4.90 Å². The molecule has 0 unspecified atom stereocenters. The van der Waals surface area contributed by atoms with Crippen LogP contribution in [0.1, 0.15) is 23.2 Å². The first-order valence-corrected chi connectivity index (χ1v) is 12.7. The van der Waals surface area contributed by atoms with Crippen LogP contribution in [0.5, 0.6) is 0 Å². The van der Waals surface area contributed by atoms with E-state index in [-0.39, 0.29) is 21.5 Å². The number of carbonyl (C=O) groups is 2. The van der Waals surface area contributed by atoms with Gasteiger partial charge in [-0.2, -0.15) is 0 Å². The van der Waals surface area contributed by atoms with Crippen LogP contribution in [0.15, 0.2) is 83.8 Å². The van der Waals surface area contributed by atoms with Crippen LogP contribution >= 0.6 is 11.6 Å². The average Bonchev–Trinajstić information content (AvgIpc) is 3.39. The van der Waals surface area contributed by atoms with Crippen LogP contribution in [-0.2, 0) is 14.8 Å². The molecule has 0 bridgehead atoms. The van der Waals surface area contributed by atoms with Gasteiger partial charge >= 0.3 is 0 Å². The molecule has 2 amide bonds. The van der Waals surface area contributed by atoms with Crippen molar-refractivity contribution in [3.05, 3.63) is 89.4 Å². The normalized spacial score (nSPS) is 13.5. The van der Waals surface area contributed by atoms with Crippen molar-refractivity contribution in [2.75, 3.05) is 29.3 Å². The lowest BCUT2D eigenvalue weighted by Gasteiger charge is -2.25. The smallest absolute Gasteiger partial charge is 0.264 e. The second-order valence-corrected chi connectivity index (χ2v) is 10.1. The Morgan fingerprint density at radius 3 is 2.21 bits per heavy atom. The van der Waals surface area contributed by atoms with Gasteiger partial charge in [-0.25, -0.2) is 8.42 Å². The van der Waals surface area contributed by atoms with Crippen LogP contribution in [0.25, 0.3) is 0 Å². The van der Waals surface area contributed by atoms with E-state index in [2.05, 4.69) is 5.32 Å². The third kappa shape index (κ3) is 5.08. The number of amides is 2. The van der Waals surface area contributed by atoms with Gasteiger partial charge in [-0.1, -0.05) is 54.1 Å². The zero-order chi connectivity index (χ0) is 24.1. The summed E-state index contributed by atoms with van der Waals surface area (Å²) in [5.41, 5.74) is 0.887. The summed E-state index contributed by atoms with van der Waals surface area (Å²) in [6.45, 7) is 0.834. The van der Waals surface area contributed by atoms with Gasteiger partial charge in [0.25, 0.3) is 15.9 Å². The number of rotatable bonds is 7. The Hall–Kier alpha value is -3.36. The molecule has 1 aliphatic rings. The molecule has 1 N–H and O–H groups in total. The fraction of sp³-hybridized carbons (Fsp3) is 0.200. The molecule has 7 nitrogen and oxygen atoms in total. The molecule has 3 aromatic rings. The highest BCUT2D eigenvalue weighted by atomic mass is 35.5. The van der Waals surface area contributed by atoms with Crippen molar-refractivity contribution in [2.45, 2.75) is 17.7 Å². The lowest BCUT2D eigenvalue weighted by Crippen LogP contribution is -2.38. The van der Waals surface area contributed by atoms with Gasteiger partial charge in [0.2, 0.25) is 5.91 Å². The van der Waals surface area contributed by atoms with Crippen molar-refractivity contribution in [1.29, 1.82) is 0 Å². The number of carbonyl (C=O) groups excluding carboxylic acids is 2. The Bertz CT molecular complexity index is 1290. The van der Waals surface area contributed by atoms with Gasteiger partial charge in [-0.05, 0) is 49.2 Å². The van der Waals surface area contributed by atoms with Crippen molar-refractivity contribution < 1.29 is 18.0 Å². The highest BCUT2D eigenvalue weighted by Crippen LogP contribution is 2.30. The van der Waals surface area contributed by atoms with Crippen molar-refractivity contribution >= 4 is 44.8 Å². The fourth-order valence-corrected chi connectivity index (χ4v) is 5.61. The first-order valence-electron chi connectivity index (χ1n) is 10.9. The molecule has 0 spiro atoms. The van der Waals surface area contributed by atoms with E-state index in [0.29, 0.717) is 24.3 Å². The van der Waals surface area contributed by atoms with Crippen LogP contribution in [0.2, 0.25) is 5.02 Å². The number of nitrogens with zero attached hydrogens (tertiary/aromatic N) is 2. The summed E-state index contributed by atoms with van der Waals surface area (Å²) >= 11 is 6.31. The number of hydrogen-bond acceptors (Lipinski definition) is 4. The Kier molecular flexibility index (Phi) is 7.19. The predicted molar refractivity (Wildman–Crippen MR) is 133 cm³/mol. The third-order valence-corrected chi connectivity index (χ3v) is 7.66. The Morgan fingerprint density at radius 2 is 1.50 bits per heavy atom. The van der Waals surface area contributed by atoms with Gasteiger partial charge in [-0.15, -0.1) is 0 Å². The average molecular weight is 498 g/mol. The summed E-state index contributed by atoms with van der Waals surface area (Å²) in [5.74, 6) is -0.755. The van der Waals surface area contributed by atoms with E-state index in [1.165, 1.54) is 12.1 Å². The molecule has 1 saturated heterocycles. The first kappa shape index (κ1) is 23.8. The highest BCUT2D eigenvalue weighted by Gasteiger charge is 2.29. The number of nitrogens with one attached hydrogen (secondary N) is 1. The summed E-state index contributed by atoms with van der Waals surface area (Å²) < 4.78 is 27.9. The molecule has 0 aliphatic carbocycles. The molecule has 34 heavy (non-hydrogen) atoms. The predicted octanol–water partition coefficient (Wildman–Crippen LogP) is 4.41. The van der Waals surface area contributed by atoms with Crippen LogP contribution < -0.4 is 9.62 Å². The minimum absolute atomic E-state index is 0.0346. The molecule has 9 heteroatoms. The Balaban J connectivity index is 1.63. The molecule has 0 atom stereocenters. The maximum atomic E-state index is 13.4. The molecule has 3 aromatic carbocycles. The summed E-state index contributed by atoms with van der Waals surface area (Å²) in [6.07, 6.45) is 1.90. The SMILES string of the molecule is O=C(CN(c1ccccc1Cl)S(=O)(=O)c1ccccc1)Nc1ccccc1C(=O)N1CCCC1. The second kappa shape index (κ2) is 10.3. The molecule has 1 fully saturated rings. The van der Waals surface area contributed by atoms with Crippen LogP contribution in [-0.4, -0.2) is 44.8 Å². The van der Waals surface area contributed by atoms with Crippen molar-refractivity contribution in [3.63, 3.8) is 0 Å². The van der Waals surface area contributed by atoms with E-state index in [0.717, 1.165) is 17.1 Å². The van der Waals surface area contributed by atoms with Crippen LogP contribution in [0.3, 0.4) is 0 Å². The number of likely N-dealkylation sites (tertiary alicyclic amines) is 1. The zero-order valence-corrected chi connectivity index (χ0v) is 19.9. The fourth-order valence-electron chi connectivity index (χ4n) is 3.86. The van der Waals surface area contributed by atoms with Gasteiger partial charge in [0, 0.05) is 13.1 Å². The quantitative estimate of drug-likeness (QED) is 0.524. The molecule has 4 rings (SSSR count). The topological polar surface area (TPSA) is 86.8 Å². The standard InChI is InChI=1S/C25H24ClN3O4S/c26-21-13-5-7-15-23(21)29(34(32,33)19-10-2-1-3-11-19)18-24(30)27-22-14-6-4-12-20(22)25(31)28-16-8-9-17-28/h1-7,10-15H,8-9,16-18H2,(H,27,30). The van der Waals surface area contributed by atoms with E-state index in [4.69, 9.17) is 11.6 Å². The van der Waals surface area contributed by atoms with Crippen molar-refractivity contribution in [2.24, 2.45) is 0 Å². The zero-order valence-electron chi connectivity index (χ0n) is 18.4. The molecule has 0 saturated carbocycles. The second-order valence-electron chi connectivity index (χ2n) is 7.87. The van der Waals surface area contributed by atoms with Gasteiger partial charge < -0.3 is 10.2 Å². The lowest BCUT2D eigenvalue weighted by atomic mass is 10.1. The number of anilines is 2. The highest BCUT2D eigenvalue weighted by molar-refractivity contribution is 7.92. The third-order valence-electron chi connectivity index (χ3n) is 5.56. The molecule has 0 radical (unpaired) electrons. The Morgan fingerprint density at radius 1 is 0.882 bits per heavy atom. The monoisotopic (exact) mass is 497 g/mol. The maximum Gasteiger partial charge on any atom is 0.264 e. The summed E-state index contributed by atoms with van der Waals surface area (Å²) in [6, 6.07) is 21.0. The van der Waals surface area contributed by atoms with Gasteiger partial charge in [0.1, 0.15) is 6.54 Å². The minimum Gasteiger partial charge on any atom is -0.339 e. The summed E-state index contributed by atoms with van der Waals surface area (Å²) in [4.78, 5) is 27.8. The number of para-hydroxylation sites is 2. The van der Waals surface area contributed by atoms with E-state index < -0.39 is 22.5 Å². The molecular weight excluding hydrogens is 474 g/mol. The lowest BCUT2D eigenvalue weighted by molar-refractivity contribution is -0.114. The maximum absolute atomic E-state index is 13.4. The van der Waals surface area contributed by atoms with Crippen molar-refractivity contribution in [3.8, 4) is 0 Å². The largest absolute Gasteiger partial charge is 0.339 e. The van der Waals surface area contributed by atoms with Crippen LogP contribution in [0, 0.1) is 0 Å². The van der Waals surface area contributed by atoms with Gasteiger partial charge in [0.05, 0.1) is 26.9 Å². The molecular formula is C25H24ClN3O4S.